The lowest BCUT2D eigenvalue weighted by atomic mass is 10.3. The number of carboxylic acid groups (broad SMARTS) is 1. The molecule has 15 heavy (non-hydrogen) atoms. The van der Waals surface area contributed by atoms with Crippen LogP contribution in [0.2, 0.25) is 0 Å². The van der Waals surface area contributed by atoms with Crippen molar-refractivity contribution >= 4 is 30.0 Å². The van der Waals surface area contributed by atoms with Crippen molar-refractivity contribution in [3.63, 3.8) is 0 Å². The summed E-state index contributed by atoms with van der Waals surface area (Å²) in [5.74, 6) is -1.74. The largest absolute Gasteiger partial charge is 0.481 e. The van der Waals surface area contributed by atoms with E-state index in [2.05, 4.69) is 10.9 Å². The summed E-state index contributed by atoms with van der Waals surface area (Å²) in [6, 6.07) is 8.93. The van der Waals surface area contributed by atoms with Crippen LogP contribution in [0.3, 0.4) is 0 Å². The minimum Gasteiger partial charge on any atom is -0.481 e. The van der Waals surface area contributed by atoms with Crippen molar-refractivity contribution in [2.24, 2.45) is 0 Å². The molecule has 5 nitrogen and oxygen atoms in total. The molecule has 0 saturated heterocycles. The third kappa shape index (κ3) is 5.53. The zero-order chi connectivity index (χ0) is 10.4. The minimum atomic E-state index is -1.16. The van der Waals surface area contributed by atoms with Crippen molar-refractivity contribution in [2.75, 3.05) is 5.43 Å². The molecule has 1 aromatic carbocycles. The Balaban J connectivity index is 0.00000196. The second-order valence-corrected chi connectivity index (χ2v) is 2.61. The van der Waals surface area contributed by atoms with Crippen molar-refractivity contribution in [1.29, 1.82) is 0 Å². The van der Waals surface area contributed by atoms with Gasteiger partial charge in [0.05, 0.1) is 5.69 Å². The SMILES string of the molecule is Cl.O=C(O)CC(=O)NNc1ccccc1. The number of hydrazine groups is 1. The number of benzene rings is 1. The molecule has 3 N–H and O–H groups in total. The maximum atomic E-state index is 10.9. The number of carbonyl (C=O) groups is 2. The Morgan fingerprint density at radius 3 is 2.33 bits per heavy atom. The van der Waals surface area contributed by atoms with E-state index < -0.39 is 18.3 Å². The molecule has 82 valence electrons. The highest BCUT2D eigenvalue weighted by Gasteiger charge is 2.05. The van der Waals surface area contributed by atoms with Crippen molar-refractivity contribution in [3.05, 3.63) is 30.3 Å². The normalized spacial score (nSPS) is 8.53. The number of nitrogens with one attached hydrogen (secondary N) is 2. The number of para-hydroxylation sites is 1. The molecule has 0 bridgehead atoms. The predicted molar refractivity (Wildman–Crippen MR) is 57.7 cm³/mol. The lowest BCUT2D eigenvalue weighted by Crippen LogP contribution is -2.30. The van der Waals surface area contributed by atoms with Gasteiger partial charge in [0.25, 0.3) is 0 Å². The Morgan fingerprint density at radius 2 is 1.80 bits per heavy atom. The van der Waals surface area contributed by atoms with Crippen molar-refractivity contribution < 1.29 is 14.7 Å². The van der Waals surface area contributed by atoms with Crippen LogP contribution in [0.1, 0.15) is 6.42 Å². The summed E-state index contributed by atoms with van der Waals surface area (Å²) in [5.41, 5.74) is 5.55. The van der Waals surface area contributed by atoms with Gasteiger partial charge >= 0.3 is 5.97 Å². The van der Waals surface area contributed by atoms with Gasteiger partial charge in [0.15, 0.2) is 0 Å². The van der Waals surface area contributed by atoms with Crippen LogP contribution in [-0.4, -0.2) is 17.0 Å². The van der Waals surface area contributed by atoms with E-state index in [-0.39, 0.29) is 12.4 Å². The molecule has 0 atom stereocenters. The first kappa shape index (κ1) is 13.2. The molecule has 1 aromatic rings. The molecule has 0 fully saturated rings. The fourth-order valence-electron chi connectivity index (χ4n) is 0.845. The molecule has 0 spiro atoms. The second-order valence-electron chi connectivity index (χ2n) is 2.61. The van der Waals surface area contributed by atoms with Gasteiger partial charge in [-0.25, -0.2) is 0 Å². The van der Waals surface area contributed by atoms with E-state index in [0.29, 0.717) is 5.69 Å². The second kappa shape index (κ2) is 6.67. The van der Waals surface area contributed by atoms with Crippen LogP contribution in [0.15, 0.2) is 30.3 Å². The molecular weight excluding hydrogens is 220 g/mol. The van der Waals surface area contributed by atoms with Crippen LogP contribution >= 0.6 is 12.4 Å². The molecule has 1 amide bonds. The third-order valence-corrected chi connectivity index (χ3v) is 1.43. The molecule has 0 saturated carbocycles. The standard InChI is InChI=1S/C9H10N2O3.ClH/c12-8(6-9(13)14)11-10-7-4-2-1-3-5-7;/h1-5,10H,6H2,(H,11,12)(H,13,14);1H. The van der Waals surface area contributed by atoms with Gasteiger partial charge in [-0.2, -0.15) is 0 Å². The smallest absolute Gasteiger partial charge is 0.312 e. The van der Waals surface area contributed by atoms with E-state index >= 15 is 0 Å². The van der Waals surface area contributed by atoms with Crippen molar-refractivity contribution in [1.82, 2.24) is 5.43 Å². The highest BCUT2D eigenvalue weighted by Crippen LogP contribution is 2.02. The molecule has 1 rings (SSSR count). The average molecular weight is 231 g/mol. The number of halogens is 1. The van der Waals surface area contributed by atoms with Crippen LogP contribution in [0.4, 0.5) is 5.69 Å². The summed E-state index contributed by atoms with van der Waals surface area (Å²) in [7, 11) is 0. The van der Waals surface area contributed by atoms with E-state index in [9.17, 15) is 9.59 Å². The zero-order valence-electron chi connectivity index (χ0n) is 7.77. The molecule has 0 heterocycles. The summed E-state index contributed by atoms with van der Waals surface area (Å²) < 4.78 is 0. The lowest BCUT2D eigenvalue weighted by Gasteiger charge is -2.06. The average Bonchev–Trinajstić information content (AvgIpc) is 2.15. The van der Waals surface area contributed by atoms with Gasteiger partial charge in [0, 0.05) is 0 Å². The molecule has 0 unspecified atom stereocenters. The van der Waals surface area contributed by atoms with Gasteiger partial charge in [0.1, 0.15) is 6.42 Å². The Hall–Kier alpha value is -1.75. The van der Waals surface area contributed by atoms with Gasteiger partial charge in [-0.15, -0.1) is 12.4 Å². The maximum Gasteiger partial charge on any atom is 0.312 e. The fourth-order valence-corrected chi connectivity index (χ4v) is 0.845. The molecule has 6 heteroatoms. The van der Waals surface area contributed by atoms with Crippen LogP contribution in [0.25, 0.3) is 0 Å². The molecule has 0 aromatic heterocycles. The van der Waals surface area contributed by atoms with Crippen LogP contribution in [0, 0.1) is 0 Å². The maximum absolute atomic E-state index is 10.9. The van der Waals surface area contributed by atoms with Crippen LogP contribution in [-0.2, 0) is 9.59 Å². The van der Waals surface area contributed by atoms with E-state index in [0.717, 1.165) is 0 Å². The first-order valence-electron chi connectivity index (χ1n) is 4.00. The topological polar surface area (TPSA) is 78.4 Å². The highest BCUT2D eigenvalue weighted by atomic mass is 35.5. The quantitative estimate of drug-likeness (QED) is 0.533. The highest BCUT2D eigenvalue weighted by molar-refractivity contribution is 5.93. The van der Waals surface area contributed by atoms with Gasteiger partial charge < -0.3 is 5.11 Å². The van der Waals surface area contributed by atoms with E-state index in [1.54, 1.807) is 24.3 Å². The van der Waals surface area contributed by atoms with Gasteiger partial charge in [-0.05, 0) is 12.1 Å². The number of rotatable bonds is 4. The number of hydrogen-bond donors (Lipinski definition) is 3. The van der Waals surface area contributed by atoms with E-state index in [4.69, 9.17) is 5.11 Å². The van der Waals surface area contributed by atoms with E-state index in [1.165, 1.54) is 0 Å². The Bertz CT molecular complexity index is 329. The first-order valence-corrected chi connectivity index (χ1v) is 4.00. The summed E-state index contributed by atoms with van der Waals surface area (Å²) in [4.78, 5) is 21.0. The van der Waals surface area contributed by atoms with Crippen LogP contribution < -0.4 is 10.9 Å². The number of anilines is 1. The third-order valence-electron chi connectivity index (χ3n) is 1.43. The first-order chi connectivity index (χ1) is 6.68. The predicted octanol–water partition coefficient (Wildman–Crippen LogP) is 1.03. The summed E-state index contributed by atoms with van der Waals surface area (Å²) in [6.07, 6.45) is -0.542. The van der Waals surface area contributed by atoms with E-state index in [1.807, 2.05) is 6.07 Å². The molecule has 0 radical (unpaired) electrons. The number of aliphatic carboxylic acids is 1. The van der Waals surface area contributed by atoms with Crippen molar-refractivity contribution in [3.8, 4) is 0 Å². The van der Waals surface area contributed by atoms with Gasteiger partial charge in [0.2, 0.25) is 5.91 Å². The summed E-state index contributed by atoms with van der Waals surface area (Å²) in [5, 5.41) is 8.29. The summed E-state index contributed by atoms with van der Waals surface area (Å²) in [6.45, 7) is 0. The molecule has 0 aliphatic heterocycles. The number of carboxylic acids is 1. The number of hydrogen-bond acceptors (Lipinski definition) is 3. The van der Waals surface area contributed by atoms with Crippen LogP contribution in [0.5, 0.6) is 0 Å². The Labute approximate surface area is 92.9 Å². The summed E-state index contributed by atoms with van der Waals surface area (Å²) >= 11 is 0. The molecular formula is C9H11ClN2O3. The fraction of sp³-hybridized carbons (Fsp3) is 0.111. The van der Waals surface area contributed by atoms with Gasteiger partial charge in [-0.1, -0.05) is 18.2 Å². The Kier molecular flexibility index (Phi) is 5.89. The monoisotopic (exact) mass is 230 g/mol. The van der Waals surface area contributed by atoms with Gasteiger partial charge in [-0.3, -0.25) is 20.4 Å². The lowest BCUT2D eigenvalue weighted by molar-refractivity contribution is -0.140. The Morgan fingerprint density at radius 1 is 1.20 bits per heavy atom. The number of amides is 1. The van der Waals surface area contributed by atoms with Crippen molar-refractivity contribution in [2.45, 2.75) is 6.42 Å². The minimum absolute atomic E-state index is 0. The zero-order valence-corrected chi connectivity index (χ0v) is 8.58. The molecule has 0 aliphatic carbocycles. The molecule has 0 aliphatic rings. The number of carbonyl (C=O) groups excluding carboxylic acids is 1.